The number of ether oxygens (including phenoxy) is 2. The molecule has 0 atom stereocenters. The van der Waals surface area contributed by atoms with Crippen LogP contribution in [0.5, 0.6) is 5.75 Å². The Labute approximate surface area is 159 Å². The Bertz CT molecular complexity index is 870. The smallest absolute Gasteiger partial charge is 0.338 e. The molecule has 0 amide bonds. The molecule has 0 unspecified atom stereocenters. The lowest BCUT2D eigenvalue weighted by atomic mass is 10.2. The Kier molecular flexibility index (Phi) is 6.13. The van der Waals surface area contributed by atoms with Gasteiger partial charge in [-0.15, -0.1) is 0 Å². The second-order valence-electron chi connectivity index (χ2n) is 6.41. The van der Waals surface area contributed by atoms with Gasteiger partial charge in [-0.05, 0) is 54.8 Å². The molecular weight excluding hydrogens is 366 g/mol. The highest BCUT2D eigenvalue weighted by atomic mass is 32.2. The van der Waals surface area contributed by atoms with Crippen molar-refractivity contribution in [3.8, 4) is 5.75 Å². The molecule has 7 heteroatoms. The van der Waals surface area contributed by atoms with Gasteiger partial charge in [0, 0.05) is 13.1 Å². The van der Waals surface area contributed by atoms with Crippen molar-refractivity contribution < 1.29 is 22.7 Å². The van der Waals surface area contributed by atoms with E-state index in [4.69, 9.17) is 9.47 Å². The lowest BCUT2D eigenvalue weighted by molar-refractivity contribution is 0.0472. The van der Waals surface area contributed by atoms with Crippen molar-refractivity contribution in [3.63, 3.8) is 0 Å². The Morgan fingerprint density at radius 2 is 1.59 bits per heavy atom. The second-order valence-corrected chi connectivity index (χ2v) is 8.35. The molecule has 0 aromatic heterocycles. The SMILES string of the molecule is COc1ccc(COC(=O)c2ccc(S(=O)(=O)N3CCCCC3)cc2)cc1. The van der Waals surface area contributed by atoms with Crippen molar-refractivity contribution in [1.29, 1.82) is 0 Å². The maximum atomic E-state index is 12.6. The van der Waals surface area contributed by atoms with Gasteiger partial charge in [0.1, 0.15) is 12.4 Å². The topological polar surface area (TPSA) is 72.9 Å². The van der Waals surface area contributed by atoms with E-state index in [1.54, 1.807) is 19.2 Å². The molecule has 0 radical (unpaired) electrons. The van der Waals surface area contributed by atoms with Crippen LogP contribution in [0.2, 0.25) is 0 Å². The largest absolute Gasteiger partial charge is 0.497 e. The Hall–Kier alpha value is -2.38. The van der Waals surface area contributed by atoms with E-state index in [1.165, 1.54) is 28.6 Å². The first kappa shape index (κ1) is 19.4. The van der Waals surface area contributed by atoms with Crippen LogP contribution in [0.4, 0.5) is 0 Å². The first-order valence-electron chi connectivity index (χ1n) is 8.91. The number of hydrogen-bond acceptors (Lipinski definition) is 5. The lowest BCUT2D eigenvalue weighted by Gasteiger charge is -2.25. The summed E-state index contributed by atoms with van der Waals surface area (Å²) in [7, 11) is -1.91. The predicted octanol–water partition coefficient (Wildman–Crippen LogP) is 3.23. The van der Waals surface area contributed by atoms with Crippen molar-refractivity contribution in [1.82, 2.24) is 4.31 Å². The number of hydrogen-bond donors (Lipinski definition) is 0. The van der Waals surface area contributed by atoms with Crippen LogP contribution in [0.3, 0.4) is 0 Å². The Morgan fingerprint density at radius 3 is 2.19 bits per heavy atom. The summed E-state index contributed by atoms with van der Waals surface area (Å²) < 4.78 is 37.1. The minimum atomic E-state index is -3.50. The van der Waals surface area contributed by atoms with Gasteiger partial charge in [-0.25, -0.2) is 13.2 Å². The standard InChI is InChI=1S/C20H23NO5S/c1-25-18-9-5-16(6-10-18)15-26-20(22)17-7-11-19(12-8-17)27(23,24)21-13-3-2-4-14-21/h5-12H,2-4,13-15H2,1H3. The molecule has 6 nitrogen and oxygen atoms in total. The number of carbonyl (C=O) groups is 1. The molecule has 0 N–H and O–H groups in total. The summed E-state index contributed by atoms with van der Waals surface area (Å²) in [5, 5.41) is 0. The third-order valence-corrected chi connectivity index (χ3v) is 6.48. The number of benzene rings is 2. The maximum Gasteiger partial charge on any atom is 0.338 e. The van der Waals surface area contributed by atoms with Crippen molar-refractivity contribution >= 4 is 16.0 Å². The zero-order chi connectivity index (χ0) is 19.3. The first-order valence-corrected chi connectivity index (χ1v) is 10.3. The van der Waals surface area contributed by atoms with Crippen LogP contribution in [0, 0.1) is 0 Å². The van der Waals surface area contributed by atoms with Crippen molar-refractivity contribution in [2.24, 2.45) is 0 Å². The average molecular weight is 389 g/mol. The minimum Gasteiger partial charge on any atom is -0.497 e. The molecular formula is C20H23NO5S. The van der Waals surface area contributed by atoms with Gasteiger partial charge >= 0.3 is 5.97 Å². The average Bonchev–Trinajstić information content (AvgIpc) is 2.73. The molecule has 3 rings (SSSR count). The van der Waals surface area contributed by atoms with Gasteiger partial charge in [-0.3, -0.25) is 0 Å². The van der Waals surface area contributed by atoms with Crippen LogP contribution in [0.1, 0.15) is 35.2 Å². The molecule has 2 aromatic carbocycles. The number of rotatable bonds is 6. The van der Waals surface area contributed by atoms with E-state index in [9.17, 15) is 13.2 Å². The molecule has 0 saturated carbocycles. The molecule has 1 fully saturated rings. The van der Waals surface area contributed by atoms with Crippen LogP contribution in [-0.4, -0.2) is 38.9 Å². The fraction of sp³-hybridized carbons (Fsp3) is 0.350. The zero-order valence-electron chi connectivity index (χ0n) is 15.3. The van der Waals surface area contributed by atoms with E-state index in [-0.39, 0.29) is 11.5 Å². The summed E-state index contributed by atoms with van der Waals surface area (Å²) in [4.78, 5) is 12.4. The highest BCUT2D eigenvalue weighted by Gasteiger charge is 2.26. The van der Waals surface area contributed by atoms with Gasteiger partial charge in [0.2, 0.25) is 10.0 Å². The zero-order valence-corrected chi connectivity index (χ0v) is 16.1. The molecule has 144 valence electrons. The summed E-state index contributed by atoms with van der Waals surface area (Å²) in [6.07, 6.45) is 2.83. The molecule has 27 heavy (non-hydrogen) atoms. The normalized spacial score (nSPS) is 15.3. The molecule has 1 aliphatic heterocycles. The quantitative estimate of drug-likeness (QED) is 0.709. The highest BCUT2D eigenvalue weighted by Crippen LogP contribution is 2.21. The number of carbonyl (C=O) groups excluding carboxylic acids is 1. The van der Waals surface area contributed by atoms with E-state index in [1.807, 2.05) is 12.1 Å². The summed E-state index contributed by atoms with van der Waals surface area (Å²) in [6, 6.07) is 13.1. The van der Waals surface area contributed by atoms with Gasteiger partial charge in [-0.2, -0.15) is 4.31 Å². The van der Waals surface area contributed by atoms with Crippen LogP contribution >= 0.6 is 0 Å². The third-order valence-electron chi connectivity index (χ3n) is 4.57. The number of piperidine rings is 1. The van der Waals surface area contributed by atoms with E-state index in [0.29, 0.717) is 18.7 Å². The summed E-state index contributed by atoms with van der Waals surface area (Å²) in [5.74, 6) is 0.239. The summed E-state index contributed by atoms with van der Waals surface area (Å²) >= 11 is 0. The molecule has 0 aliphatic carbocycles. The number of esters is 1. The molecule has 2 aromatic rings. The third kappa shape index (κ3) is 4.67. The second kappa shape index (κ2) is 8.54. The summed E-state index contributed by atoms with van der Waals surface area (Å²) in [6.45, 7) is 1.23. The van der Waals surface area contributed by atoms with Crippen molar-refractivity contribution in [3.05, 3.63) is 59.7 Å². The van der Waals surface area contributed by atoms with Crippen LogP contribution < -0.4 is 4.74 Å². The number of sulfonamides is 1. The Balaban J connectivity index is 1.62. The van der Waals surface area contributed by atoms with Gasteiger partial charge < -0.3 is 9.47 Å². The Morgan fingerprint density at radius 1 is 0.963 bits per heavy atom. The van der Waals surface area contributed by atoms with Crippen LogP contribution in [-0.2, 0) is 21.4 Å². The molecule has 1 saturated heterocycles. The first-order chi connectivity index (χ1) is 13.0. The van der Waals surface area contributed by atoms with Crippen LogP contribution in [0.25, 0.3) is 0 Å². The lowest BCUT2D eigenvalue weighted by Crippen LogP contribution is -2.35. The predicted molar refractivity (Wildman–Crippen MR) is 101 cm³/mol. The summed E-state index contributed by atoms with van der Waals surface area (Å²) in [5.41, 5.74) is 1.16. The van der Waals surface area contributed by atoms with E-state index >= 15 is 0 Å². The minimum absolute atomic E-state index is 0.136. The van der Waals surface area contributed by atoms with Gasteiger partial charge in [0.15, 0.2) is 0 Å². The van der Waals surface area contributed by atoms with Crippen molar-refractivity contribution in [2.75, 3.05) is 20.2 Å². The fourth-order valence-corrected chi connectivity index (χ4v) is 4.49. The van der Waals surface area contributed by atoms with Gasteiger partial charge in [0.25, 0.3) is 0 Å². The molecule has 1 heterocycles. The van der Waals surface area contributed by atoms with E-state index < -0.39 is 16.0 Å². The molecule has 1 aliphatic rings. The number of nitrogens with zero attached hydrogens (tertiary/aromatic N) is 1. The maximum absolute atomic E-state index is 12.6. The van der Waals surface area contributed by atoms with Gasteiger partial charge in [0.05, 0.1) is 17.6 Å². The monoisotopic (exact) mass is 389 g/mol. The number of methoxy groups -OCH3 is 1. The fourth-order valence-electron chi connectivity index (χ4n) is 2.97. The highest BCUT2D eigenvalue weighted by molar-refractivity contribution is 7.89. The van der Waals surface area contributed by atoms with E-state index in [2.05, 4.69) is 0 Å². The van der Waals surface area contributed by atoms with E-state index in [0.717, 1.165) is 30.6 Å². The molecule has 0 bridgehead atoms. The van der Waals surface area contributed by atoms with Crippen molar-refractivity contribution in [2.45, 2.75) is 30.8 Å². The van der Waals surface area contributed by atoms with Crippen LogP contribution in [0.15, 0.2) is 53.4 Å². The molecule has 0 spiro atoms. The van der Waals surface area contributed by atoms with Gasteiger partial charge in [-0.1, -0.05) is 18.6 Å².